The van der Waals surface area contributed by atoms with E-state index in [1.54, 1.807) is 12.1 Å². The molecule has 1 N–H and O–H groups in total. The molecule has 2 nitrogen and oxygen atoms in total. The maximum Gasteiger partial charge on any atom is 0.123 e. The highest BCUT2D eigenvalue weighted by molar-refractivity contribution is 5.27. The lowest BCUT2D eigenvalue weighted by Gasteiger charge is -2.30. The Morgan fingerprint density at radius 2 is 1.94 bits per heavy atom. The summed E-state index contributed by atoms with van der Waals surface area (Å²) < 4.78 is 19.3. The van der Waals surface area contributed by atoms with Gasteiger partial charge in [0.2, 0.25) is 0 Å². The Kier molecular flexibility index (Phi) is 5.76. The van der Waals surface area contributed by atoms with Gasteiger partial charge in [-0.05, 0) is 50.1 Å². The van der Waals surface area contributed by atoms with Crippen LogP contribution in [-0.4, -0.2) is 19.8 Å². The lowest BCUT2D eigenvalue weighted by Crippen LogP contribution is -2.35. The molecule has 1 rings (SSSR count). The van der Waals surface area contributed by atoms with Gasteiger partial charge in [0.25, 0.3) is 0 Å². The van der Waals surface area contributed by atoms with Crippen molar-refractivity contribution in [3.63, 3.8) is 0 Å². The van der Waals surface area contributed by atoms with Crippen LogP contribution in [0.2, 0.25) is 0 Å². The molecule has 0 saturated heterocycles. The molecule has 0 amide bonds. The van der Waals surface area contributed by atoms with Gasteiger partial charge in [-0.1, -0.05) is 19.9 Å². The lowest BCUT2D eigenvalue weighted by atomic mass is 9.92. The second-order valence-electron chi connectivity index (χ2n) is 4.99. The smallest absolute Gasteiger partial charge is 0.123 e. The topological polar surface area (TPSA) is 21.3 Å². The van der Waals surface area contributed by atoms with Crippen LogP contribution in [0.3, 0.4) is 0 Å². The Labute approximate surface area is 110 Å². The van der Waals surface area contributed by atoms with Crippen LogP contribution >= 0.6 is 0 Å². The molecule has 0 aliphatic carbocycles. The molecule has 2 unspecified atom stereocenters. The fourth-order valence-corrected chi connectivity index (χ4v) is 2.33. The van der Waals surface area contributed by atoms with Gasteiger partial charge in [-0.15, -0.1) is 0 Å². The minimum atomic E-state index is -0.191. The molecule has 3 heteroatoms. The summed E-state index contributed by atoms with van der Waals surface area (Å²) in [6.07, 6.45) is 0.0428. The number of benzene rings is 1. The van der Waals surface area contributed by atoms with E-state index in [2.05, 4.69) is 19.2 Å². The van der Waals surface area contributed by atoms with Crippen LogP contribution in [0.5, 0.6) is 0 Å². The second-order valence-corrected chi connectivity index (χ2v) is 4.99. The standard InChI is InChI=1S/C15H24FNO/c1-6-18-15(10(2)3)14(17-5)12-7-11(4)8-13(16)9-12/h7-10,14-15,17H,6H2,1-5H3. The molecule has 0 aliphatic heterocycles. The van der Waals surface area contributed by atoms with Crippen molar-refractivity contribution in [1.82, 2.24) is 5.32 Å². The summed E-state index contributed by atoms with van der Waals surface area (Å²) in [6, 6.07) is 5.15. The van der Waals surface area contributed by atoms with Crippen LogP contribution in [0.25, 0.3) is 0 Å². The number of hydrogen-bond acceptors (Lipinski definition) is 2. The van der Waals surface area contributed by atoms with Gasteiger partial charge in [-0.3, -0.25) is 0 Å². The van der Waals surface area contributed by atoms with Crippen LogP contribution < -0.4 is 5.32 Å². The summed E-state index contributed by atoms with van der Waals surface area (Å²) in [5, 5.41) is 3.25. The van der Waals surface area contributed by atoms with Crippen LogP contribution in [-0.2, 0) is 4.74 Å². The predicted octanol–water partition coefficient (Wildman–Crippen LogP) is 3.46. The molecule has 1 aromatic carbocycles. The number of ether oxygens (including phenoxy) is 1. The fraction of sp³-hybridized carbons (Fsp3) is 0.600. The summed E-state index contributed by atoms with van der Waals surface area (Å²) in [6.45, 7) is 8.80. The Morgan fingerprint density at radius 1 is 1.28 bits per heavy atom. The summed E-state index contributed by atoms with van der Waals surface area (Å²) in [7, 11) is 1.89. The first-order valence-corrected chi connectivity index (χ1v) is 6.55. The summed E-state index contributed by atoms with van der Waals surface area (Å²) in [5.41, 5.74) is 1.88. The van der Waals surface area contributed by atoms with Crippen molar-refractivity contribution in [3.8, 4) is 0 Å². The van der Waals surface area contributed by atoms with Gasteiger partial charge in [0.1, 0.15) is 5.82 Å². The molecule has 102 valence electrons. The van der Waals surface area contributed by atoms with Gasteiger partial charge in [0.05, 0.1) is 12.1 Å². The summed E-state index contributed by atoms with van der Waals surface area (Å²) >= 11 is 0. The average Bonchev–Trinajstić information content (AvgIpc) is 2.27. The van der Waals surface area contributed by atoms with E-state index in [0.717, 1.165) is 11.1 Å². The quantitative estimate of drug-likeness (QED) is 0.838. The molecular weight excluding hydrogens is 229 g/mol. The largest absolute Gasteiger partial charge is 0.376 e. The highest BCUT2D eigenvalue weighted by Crippen LogP contribution is 2.26. The Balaban J connectivity index is 3.06. The Morgan fingerprint density at radius 3 is 2.39 bits per heavy atom. The first kappa shape index (κ1) is 15.1. The zero-order valence-electron chi connectivity index (χ0n) is 12.0. The number of aryl methyl sites for hydroxylation is 1. The molecule has 2 atom stereocenters. The molecule has 0 bridgehead atoms. The van der Waals surface area contributed by atoms with Gasteiger partial charge in [0.15, 0.2) is 0 Å². The molecule has 0 saturated carbocycles. The van der Waals surface area contributed by atoms with E-state index in [-0.39, 0.29) is 18.0 Å². The normalized spacial score (nSPS) is 14.8. The number of hydrogen-bond donors (Lipinski definition) is 1. The fourth-order valence-electron chi connectivity index (χ4n) is 2.33. The third-order valence-corrected chi connectivity index (χ3v) is 3.08. The van der Waals surface area contributed by atoms with E-state index in [1.807, 2.05) is 27.0 Å². The number of likely N-dealkylation sites (N-methyl/N-ethyl adjacent to an activating group) is 1. The lowest BCUT2D eigenvalue weighted by molar-refractivity contribution is 0.00454. The van der Waals surface area contributed by atoms with Crippen LogP contribution in [0, 0.1) is 18.7 Å². The van der Waals surface area contributed by atoms with Crippen molar-refractivity contribution in [1.29, 1.82) is 0 Å². The predicted molar refractivity (Wildman–Crippen MR) is 73.2 cm³/mol. The third kappa shape index (κ3) is 3.79. The highest BCUT2D eigenvalue weighted by atomic mass is 19.1. The van der Waals surface area contributed by atoms with Crippen molar-refractivity contribution in [2.75, 3.05) is 13.7 Å². The number of nitrogens with one attached hydrogen (secondary N) is 1. The minimum Gasteiger partial charge on any atom is -0.376 e. The van der Waals surface area contributed by atoms with Crippen molar-refractivity contribution in [2.24, 2.45) is 5.92 Å². The van der Waals surface area contributed by atoms with E-state index >= 15 is 0 Å². The first-order valence-electron chi connectivity index (χ1n) is 6.55. The second kappa shape index (κ2) is 6.86. The SMILES string of the molecule is CCOC(C(C)C)C(NC)c1cc(C)cc(F)c1. The van der Waals surface area contributed by atoms with Crippen molar-refractivity contribution >= 4 is 0 Å². The molecule has 0 fully saturated rings. The van der Waals surface area contributed by atoms with Crippen molar-refractivity contribution < 1.29 is 9.13 Å². The summed E-state index contributed by atoms with van der Waals surface area (Å²) in [5.74, 6) is 0.176. The van der Waals surface area contributed by atoms with E-state index in [4.69, 9.17) is 4.74 Å². The molecule has 0 aromatic heterocycles. The molecule has 1 aromatic rings. The van der Waals surface area contributed by atoms with Gasteiger partial charge >= 0.3 is 0 Å². The molecule has 0 heterocycles. The average molecular weight is 253 g/mol. The van der Waals surface area contributed by atoms with Crippen LogP contribution in [0.4, 0.5) is 4.39 Å². The molecular formula is C15H24FNO. The number of halogens is 1. The molecule has 0 spiro atoms. The highest BCUT2D eigenvalue weighted by Gasteiger charge is 2.25. The van der Waals surface area contributed by atoms with Crippen LogP contribution in [0.1, 0.15) is 37.9 Å². The minimum absolute atomic E-state index is 0.0133. The molecule has 0 aliphatic rings. The molecule has 18 heavy (non-hydrogen) atoms. The maximum atomic E-state index is 13.5. The van der Waals surface area contributed by atoms with E-state index in [0.29, 0.717) is 12.5 Å². The van der Waals surface area contributed by atoms with Crippen LogP contribution in [0.15, 0.2) is 18.2 Å². The Hall–Kier alpha value is -0.930. The first-order chi connectivity index (χ1) is 8.49. The van der Waals surface area contributed by atoms with E-state index in [9.17, 15) is 4.39 Å². The maximum absolute atomic E-state index is 13.5. The van der Waals surface area contributed by atoms with Gasteiger partial charge in [-0.25, -0.2) is 4.39 Å². The zero-order chi connectivity index (χ0) is 13.7. The monoisotopic (exact) mass is 253 g/mol. The Bertz CT molecular complexity index is 359. The van der Waals surface area contributed by atoms with Crippen molar-refractivity contribution in [2.45, 2.75) is 39.8 Å². The van der Waals surface area contributed by atoms with E-state index in [1.165, 1.54) is 0 Å². The van der Waals surface area contributed by atoms with Gasteiger partial charge in [-0.2, -0.15) is 0 Å². The summed E-state index contributed by atoms with van der Waals surface area (Å²) in [4.78, 5) is 0. The van der Waals surface area contributed by atoms with Gasteiger partial charge < -0.3 is 10.1 Å². The van der Waals surface area contributed by atoms with E-state index < -0.39 is 0 Å². The van der Waals surface area contributed by atoms with Gasteiger partial charge in [0, 0.05) is 6.61 Å². The zero-order valence-corrected chi connectivity index (χ0v) is 12.0. The third-order valence-electron chi connectivity index (χ3n) is 3.08. The molecule has 0 radical (unpaired) electrons. The number of rotatable bonds is 6. The van der Waals surface area contributed by atoms with Crippen molar-refractivity contribution in [3.05, 3.63) is 35.1 Å².